The first-order chi connectivity index (χ1) is 11.0. The number of nitrogens with one attached hydrogen (secondary N) is 1. The molecule has 120 valence electrons. The molecule has 23 heavy (non-hydrogen) atoms. The third-order valence-electron chi connectivity index (χ3n) is 3.13. The number of amides is 1. The number of carbonyl (C=O) groups excluding carboxylic acids is 2. The van der Waals surface area contributed by atoms with Crippen LogP contribution in [-0.2, 0) is 9.53 Å². The normalized spacial score (nSPS) is 10.2. The summed E-state index contributed by atoms with van der Waals surface area (Å²) in [6.45, 7) is 1.33. The zero-order chi connectivity index (χ0) is 16.8. The van der Waals surface area contributed by atoms with Gasteiger partial charge < -0.3 is 15.2 Å². The van der Waals surface area contributed by atoms with Gasteiger partial charge in [-0.3, -0.25) is 4.79 Å². The van der Waals surface area contributed by atoms with E-state index in [9.17, 15) is 14.7 Å². The zero-order valence-electron chi connectivity index (χ0n) is 12.8. The molecule has 2 N–H and O–H groups in total. The van der Waals surface area contributed by atoms with Crippen LogP contribution in [0.25, 0.3) is 0 Å². The second-order valence-electron chi connectivity index (χ2n) is 4.86. The van der Waals surface area contributed by atoms with Crippen LogP contribution in [-0.4, -0.2) is 29.8 Å². The third kappa shape index (κ3) is 4.75. The van der Waals surface area contributed by atoms with Gasteiger partial charge in [-0.05, 0) is 49.1 Å². The van der Waals surface area contributed by atoms with Crippen molar-refractivity contribution in [3.05, 3.63) is 53.6 Å². The van der Waals surface area contributed by atoms with E-state index in [0.717, 1.165) is 4.90 Å². The number of benzene rings is 2. The number of hydrogen-bond acceptors (Lipinski definition) is 5. The Kier molecular flexibility index (Phi) is 5.65. The Labute approximate surface area is 138 Å². The summed E-state index contributed by atoms with van der Waals surface area (Å²) in [6, 6.07) is 11.8. The van der Waals surface area contributed by atoms with Crippen molar-refractivity contribution in [2.75, 3.05) is 18.2 Å². The molecule has 1 amide bonds. The van der Waals surface area contributed by atoms with Crippen LogP contribution in [0.4, 0.5) is 5.69 Å². The van der Waals surface area contributed by atoms with E-state index in [2.05, 4.69) is 5.32 Å². The van der Waals surface area contributed by atoms with Gasteiger partial charge in [-0.2, -0.15) is 0 Å². The summed E-state index contributed by atoms with van der Waals surface area (Å²) >= 11 is 1.57. The van der Waals surface area contributed by atoms with Crippen LogP contribution in [0.15, 0.2) is 47.4 Å². The molecule has 0 spiro atoms. The van der Waals surface area contributed by atoms with Crippen LogP contribution >= 0.6 is 11.8 Å². The van der Waals surface area contributed by atoms with Crippen LogP contribution in [0, 0.1) is 6.92 Å². The molecule has 0 unspecified atom stereocenters. The van der Waals surface area contributed by atoms with Gasteiger partial charge >= 0.3 is 5.97 Å². The fourth-order valence-corrected chi connectivity index (χ4v) is 2.31. The van der Waals surface area contributed by atoms with Crippen LogP contribution < -0.4 is 5.32 Å². The van der Waals surface area contributed by atoms with E-state index in [0.29, 0.717) is 11.3 Å². The van der Waals surface area contributed by atoms with Gasteiger partial charge in [-0.1, -0.05) is 12.1 Å². The second kappa shape index (κ2) is 7.69. The molecule has 0 fully saturated rings. The summed E-state index contributed by atoms with van der Waals surface area (Å²) in [5.74, 6) is -1.07. The second-order valence-corrected chi connectivity index (χ2v) is 5.74. The number of carbonyl (C=O) groups is 2. The van der Waals surface area contributed by atoms with E-state index in [-0.39, 0.29) is 11.3 Å². The summed E-state index contributed by atoms with van der Waals surface area (Å²) in [7, 11) is 0. The molecule has 0 atom stereocenters. The maximum atomic E-state index is 11.8. The van der Waals surface area contributed by atoms with Gasteiger partial charge in [-0.25, -0.2) is 4.79 Å². The summed E-state index contributed by atoms with van der Waals surface area (Å²) in [4.78, 5) is 24.7. The zero-order valence-corrected chi connectivity index (χ0v) is 13.6. The minimum Gasteiger partial charge on any atom is -0.508 e. The largest absolute Gasteiger partial charge is 0.508 e. The van der Waals surface area contributed by atoms with Crippen molar-refractivity contribution < 1.29 is 19.4 Å². The Morgan fingerprint density at radius 2 is 2.00 bits per heavy atom. The Balaban J connectivity index is 1.90. The lowest BCUT2D eigenvalue weighted by molar-refractivity contribution is -0.119. The number of phenolic OH excluding ortho intramolecular Hbond substituents is 1. The molecule has 0 aliphatic rings. The number of esters is 1. The first-order valence-electron chi connectivity index (χ1n) is 6.90. The molecule has 0 aliphatic carbocycles. The van der Waals surface area contributed by atoms with Crippen molar-refractivity contribution in [3.8, 4) is 5.75 Å². The quantitative estimate of drug-likeness (QED) is 0.650. The van der Waals surface area contributed by atoms with Gasteiger partial charge in [0, 0.05) is 10.6 Å². The molecular weight excluding hydrogens is 314 g/mol. The first-order valence-corrected chi connectivity index (χ1v) is 8.12. The first kappa shape index (κ1) is 16.9. The molecule has 2 aromatic carbocycles. The Hall–Kier alpha value is -2.47. The van der Waals surface area contributed by atoms with Gasteiger partial charge in [0.1, 0.15) is 5.75 Å². The van der Waals surface area contributed by atoms with E-state index in [1.54, 1.807) is 30.8 Å². The molecule has 0 aromatic heterocycles. The van der Waals surface area contributed by atoms with Crippen LogP contribution in [0.1, 0.15) is 15.9 Å². The van der Waals surface area contributed by atoms with E-state index in [4.69, 9.17) is 4.74 Å². The highest BCUT2D eigenvalue weighted by atomic mass is 32.2. The lowest BCUT2D eigenvalue weighted by atomic mass is 10.1. The van der Waals surface area contributed by atoms with E-state index in [1.165, 1.54) is 12.1 Å². The molecule has 0 saturated carbocycles. The summed E-state index contributed by atoms with van der Waals surface area (Å²) in [5.41, 5.74) is 1.50. The maximum absolute atomic E-state index is 11.8. The van der Waals surface area contributed by atoms with Crippen molar-refractivity contribution in [3.63, 3.8) is 0 Å². The fraction of sp³-hybridized carbons (Fsp3) is 0.176. The number of thioether (sulfide) groups is 1. The highest BCUT2D eigenvalue weighted by Crippen LogP contribution is 2.19. The fourth-order valence-electron chi connectivity index (χ4n) is 1.85. The van der Waals surface area contributed by atoms with Crippen molar-refractivity contribution in [2.45, 2.75) is 11.8 Å². The lowest BCUT2D eigenvalue weighted by Crippen LogP contribution is -2.20. The number of hydrogen-bond donors (Lipinski definition) is 2. The van der Waals surface area contributed by atoms with Gasteiger partial charge in [0.25, 0.3) is 5.91 Å². The standard InChI is InChI=1S/C17H17NO4S/c1-11-6-7-12(8-15(11)19)17(21)22-10-16(20)18-13-4-3-5-14(9-13)23-2/h3-9,19H,10H2,1-2H3,(H,18,20). The van der Waals surface area contributed by atoms with Crippen molar-refractivity contribution >= 4 is 29.3 Å². The van der Waals surface area contributed by atoms with E-state index < -0.39 is 18.5 Å². The molecule has 0 aliphatic heterocycles. The Morgan fingerprint density at radius 3 is 2.70 bits per heavy atom. The van der Waals surface area contributed by atoms with E-state index >= 15 is 0 Å². The topological polar surface area (TPSA) is 75.6 Å². The van der Waals surface area contributed by atoms with Crippen LogP contribution in [0.2, 0.25) is 0 Å². The number of anilines is 1. The molecule has 0 heterocycles. The average Bonchev–Trinajstić information content (AvgIpc) is 2.55. The van der Waals surface area contributed by atoms with Gasteiger partial charge in [0.15, 0.2) is 6.61 Å². The van der Waals surface area contributed by atoms with Gasteiger partial charge in [0.05, 0.1) is 5.56 Å². The lowest BCUT2D eigenvalue weighted by Gasteiger charge is -2.08. The number of ether oxygens (including phenoxy) is 1. The third-order valence-corrected chi connectivity index (χ3v) is 3.86. The maximum Gasteiger partial charge on any atom is 0.338 e. The predicted molar refractivity (Wildman–Crippen MR) is 90.0 cm³/mol. The number of aryl methyl sites for hydroxylation is 1. The number of aromatic hydroxyl groups is 1. The molecule has 2 rings (SSSR count). The number of phenols is 1. The highest BCUT2D eigenvalue weighted by molar-refractivity contribution is 7.98. The molecule has 0 bridgehead atoms. The predicted octanol–water partition coefficient (Wildman–Crippen LogP) is 3.22. The Morgan fingerprint density at radius 1 is 1.22 bits per heavy atom. The van der Waals surface area contributed by atoms with Crippen LogP contribution in [0.3, 0.4) is 0 Å². The van der Waals surface area contributed by atoms with Crippen molar-refractivity contribution in [1.82, 2.24) is 0 Å². The van der Waals surface area contributed by atoms with Gasteiger partial charge in [-0.15, -0.1) is 11.8 Å². The highest BCUT2D eigenvalue weighted by Gasteiger charge is 2.12. The molecule has 5 nitrogen and oxygen atoms in total. The molecule has 6 heteroatoms. The number of rotatable bonds is 5. The summed E-state index contributed by atoms with van der Waals surface area (Å²) < 4.78 is 4.95. The minimum absolute atomic E-state index is 0.0118. The monoisotopic (exact) mass is 331 g/mol. The minimum atomic E-state index is -0.659. The van der Waals surface area contributed by atoms with Gasteiger partial charge in [0.2, 0.25) is 0 Å². The molecule has 2 aromatic rings. The van der Waals surface area contributed by atoms with Crippen LogP contribution in [0.5, 0.6) is 5.75 Å². The summed E-state index contributed by atoms with van der Waals surface area (Å²) in [5, 5.41) is 12.2. The SMILES string of the molecule is CSc1cccc(NC(=O)COC(=O)c2ccc(C)c(O)c2)c1. The van der Waals surface area contributed by atoms with Crippen molar-refractivity contribution in [1.29, 1.82) is 0 Å². The molecule has 0 radical (unpaired) electrons. The van der Waals surface area contributed by atoms with E-state index in [1.807, 2.05) is 24.5 Å². The molecular formula is C17H17NO4S. The summed E-state index contributed by atoms with van der Waals surface area (Å²) in [6.07, 6.45) is 1.94. The Bertz CT molecular complexity index is 730. The average molecular weight is 331 g/mol. The smallest absolute Gasteiger partial charge is 0.338 e. The molecule has 0 saturated heterocycles. The van der Waals surface area contributed by atoms with Crippen molar-refractivity contribution in [2.24, 2.45) is 0 Å².